The van der Waals surface area contributed by atoms with Gasteiger partial charge in [0.05, 0.1) is 13.5 Å². The normalized spacial score (nSPS) is 13.8. The molecular formula is C14H20ClNO2. The zero-order valence-corrected chi connectivity index (χ0v) is 11.8. The maximum absolute atomic E-state index is 11.8. The second kappa shape index (κ2) is 7.27. The summed E-state index contributed by atoms with van der Waals surface area (Å²) in [6.45, 7) is 3.99. The molecule has 1 rings (SSSR count). The minimum atomic E-state index is 0.00715. The van der Waals surface area contributed by atoms with Gasteiger partial charge in [-0.15, -0.1) is 11.6 Å². The molecule has 4 heteroatoms. The Morgan fingerprint density at radius 3 is 2.78 bits per heavy atom. The Labute approximate surface area is 113 Å². The van der Waals surface area contributed by atoms with Gasteiger partial charge in [-0.05, 0) is 30.5 Å². The third kappa shape index (κ3) is 4.57. The highest BCUT2D eigenvalue weighted by molar-refractivity contribution is 6.18. The number of halogens is 1. The van der Waals surface area contributed by atoms with Crippen molar-refractivity contribution in [3.8, 4) is 5.75 Å². The van der Waals surface area contributed by atoms with Gasteiger partial charge in [0.2, 0.25) is 5.91 Å². The maximum atomic E-state index is 11.8. The third-order valence-electron chi connectivity index (χ3n) is 2.98. The van der Waals surface area contributed by atoms with Gasteiger partial charge in [-0.25, -0.2) is 0 Å². The van der Waals surface area contributed by atoms with E-state index < -0.39 is 0 Å². The number of nitrogens with one attached hydrogen (secondary N) is 1. The Bertz CT molecular complexity index is 395. The topological polar surface area (TPSA) is 38.3 Å². The molecule has 0 fully saturated rings. The molecule has 0 bridgehead atoms. The first kappa shape index (κ1) is 14.8. The molecule has 0 aliphatic carbocycles. The molecule has 0 radical (unpaired) electrons. The van der Waals surface area contributed by atoms with E-state index in [4.69, 9.17) is 16.3 Å². The summed E-state index contributed by atoms with van der Waals surface area (Å²) < 4.78 is 5.12. The lowest BCUT2D eigenvalue weighted by Crippen LogP contribution is -2.38. The molecule has 1 N–H and O–H groups in total. The van der Waals surface area contributed by atoms with Crippen LogP contribution in [-0.2, 0) is 11.2 Å². The number of hydrogen-bond acceptors (Lipinski definition) is 2. The van der Waals surface area contributed by atoms with Crippen LogP contribution in [0.15, 0.2) is 24.3 Å². The second-order valence-electron chi connectivity index (χ2n) is 4.52. The van der Waals surface area contributed by atoms with Crippen molar-refractivity contribution in [2.75, 3.05) is 13.0 Å². The van der Waals surface area contributed by atoms with E-state index in [2.05, 4.69) is 5.32 Å². The summed E-state index contributed by atoms with van der Waals surface area (Å²) >= 11 is 5.76. The molecule has 18 heavy (non-hydrogen) atoms. The van der Waals surface area contributed by atoms with Crippen molar-refractivity contribution in [2.45, 2.75) is 26.3 Å². The highest BCUT2D eigenvalue weighted by Gasteiger charge is 2.14. The highest BCUT2D eigenvalue weighted by atomic mass is 35.5. The molecule has 2 atom stereocenters. The molecule has 0 aliphatic rings. The molecule has 3 nitrogen and oxygen atoms in total. The fraction of sp³-hybridized carbons (Fsp3) is 0.500. The van der Waals surface area contributed by atoms with Crippen LogP contribution < -0.4 is 10.1 Å². The fourth-order valence-corrected chi connectivity index (χ4v) is 1.82. The minimum absolute atomic E-state index is 0.00715. The Morgan fingerprint density at radius 1 is 1.44 bits per heavy atom. The second-order valence-corrected chi connectivity index (χ2v) is 4.82. The van der Waals surface area contributed by atoms with E-state index in [1.54, 1.807) is 7.11 Å². The maximum Gasteiger partial charge on any atom is 0.224 e. The first-order valence-electron chi connectivity index (χ1n) is 6.05. The van der Waals surface area contributed by atoms with Crippen molar-refractivity contribution in [1.29, 1.82) is 0 Å². The summed E-state index contributed by atoms with van der Waals surface area (Å²) in [5.41, 5.74) is 0.942. The number of alkyl halides is 1. The van der Waals surface area contributed by atoms with E-state index in [1.165, 1.54) is 0 Å². The zero-order chi connectivity index (χ0) is 13.5. The Kier molecular flexibility index (Phi) is 5.99. The van der Waals surface area contributed by atoms with Crippen molar-refractivity contribution >= 4 is 17.5 Å². The van der Waals surface area contributed by atoms with Gasteiger partial charge in [0, 0.05) is 11.9 Å². The standard InChI is InChI=1S/C14H20ClNO2/c1-10(9-15)11(2)16-14(17)8-12-5-4-6-13(7-12)18-3/h4-7,10-11H,8-9H2,1-3H3,(H,16,17). The Balaban J connectivity index is 2.53. The molecule has 2 unspecified atom stereocenters. The predicted octanol–water partition coefficient (Wildman–Crippen LogP) is 2.62. The van der Waals surface area contributed by atoms with Crippen LogP contribution in [0.2, 0.25) is 0 Å². The molecule has 0 saturated heterocycles. The van der Waals surface area contributed by atoms with Crippen LogP contribution in [0.5, 0.6) is 5.75 Å². The number of carbonyl (C=O) groups is 1. The van der Waals surface area contributed by atoms with Gasteiger partial charge in [-0.2, -0.15) is 0 Å². The number of benzene rings is 1. The van der Waals surface area contributed by atoms with Crippen LogP contribution in [0.3, 0.4) is 0 Å². The summed E-state index contributed by atoms with van der Waals surface area (Å²) in [5.74, 6) is 1.58. The molecule has 0 spiro atoms. The van der Waals surface area contributed by atoms with Gasteiger partial charge in [0.25, 0.3) is 0 Å². The molecule has 100 valence electrons. The van der Waals surface area contributed by atoms with E-state index in [0.29, 0.717) is 12.3 Å². The fourth-order valence-electron chi connectivity index (χ4n) is 1.55. The van der Waals surface area contributed by atoms with Crippen molar-refractivity contribution < 1.29 is 9.53 Å². The van der Waals surface area contributed by atoms with Gasteiger partial charge in [-0.3, -0.25) is 4.79 Å². The average Bonchev–Trinajstić information content (AvgIpc) is 2.37. The van der Waals surface area contributed by atoms with Crippen LogP contribution in [0, 0.1) is 5.92 Å². The quantitative estimate of drug-likeness (QED) is 0.807. The molecule has 0 aromatic heterocycles. The van der Waals surface area contributed by atoms with Crippen molar-refractivity contribution in [3.63, 3.8) is 0 Å². The molecule has 1 amide bonds. The molecule has 1 aromatic rings. The summed E-state index contributed by atoms with van der Waals surface area (Å²) in [4.78, 5) is 11.8. The van der Waals surface area contributed by atoms with Crippen molar-refractivity contribution in [1.82, 2.24) is 5.32 Å². The lowest BCUT2D eigenvalue weighted by atomic mass is 10.1. The van der Waals surface area contributed by atoms with Crippen molar-refractivity contribution in [2.24, 2.45) is 5.92 Å². The van der Waals surface area contributed by atoms with Crippen molar-refractivity contribution in [3.05, 3.63) is 29.8 Å². The number of rotatable bonds is 6. The molecule has 0 saturated carbocycles. The minimum Gasteiger partial charge on any atom is -0.497 e. The average molecular weight is 270 g/mol. The van der Waals surface area contributed by atoms with Crippen LogP contribution in [0.4, 0.5) is 0 Å². The molecule has 1 aromatic carbocycles. The number of carbonyl (C=O) groups excluding carboxylic acids is 1. The highest BCUT2D eigenvalue weighted by Crippen LogP contribution is 2.13. The van der Waals surface area contributed by atoms with Crippen LogP contribution in [0.25, 0.3) is 0 Å². The van der Waals surface area contributed by atoms with Gasteiger partial charge in [-0.1, -0.05) is 19.1 Å². The largest absolute Gasteiger partial charge is 0.497 e. The lowest BCUT2D eigenvalue weighted by molar-refractivity contribution is -0.121. The Morgan fingerprint density at radius 2 is 2.17 bits per heavy atom. The number of hydrogen-bond donors (Lipinski definition) is 1. The van der Waals surface area contributed by atoms with Gasteiger partial charge in [0.1, 0.15) is 5.75 Å². The lowest BCUT2D eigenvalue weighted by Gasteiger charge is -2.19. The molecule has 0 heterocycles. The van der Waals surface area contributed by atoms with E-state index in [9.17, 15) is 4.79 Å². The van der Waals surface area contributed by atoms with Gasteiger partial charge in [0.15, 0.2) is 0 Å². The molecule has 0 aliphatic heterocycles. The smallest absolute Gasteiger partial charge is 0.224 e. The van der Waals surface area contributed by atoms with E-state index >= 15 is 0 Å². The summed E-state index contributed by atoms with van der Waals surface area (Å²) in [5, 5.41) is 2.95. The zero-order valence-electron chi connectivity index (χ0n) is 11.1. The summed E-state index contributed by atoms with van der Waals surface area (Å²) in [7, 11) is 1.61. The van der Waals surface area contributed by atoms with E-state index in [-0.39, 0.29) is 17.9 Å². The van der Waals surface area contributed by atoms with Gasteiger partial charge < -0.3 is 10.1 Å². The number of amides is 1. The van der Waals surface area contributed by atoms with Crippen LogP contribution in [0.1, 0.15) is 19.4 Å². The summed E-state index contributed by atoms with van der Waals surface area (Å²) in [6, 6.07) is 7.61. The van der Waals surface area contributed by atoms with Crippen LogP contribution >= 0.6 is 11.6 Å². The van der Waals surface area contributed by atoms with E-state index in [1.807, 2.05) is 38.1 Å². The first-order chi connectivity index (χ1) is 8.56. The first-order valence-corrected chi connectivity index (χ1v) is 6.58. The van der Waals surface area contributed by atoms with Crippen LogP contribution in [-0.4, -0.2) is 24.9 Å². The van der Waals surface area contributed by atoms with Gasteiger partial charge >= 0.3 is 0 Å². The number of methoxy groups -OCH3 is 1. The Hall–Kier alpha value is -1.22. The molecular weight excluding hydrogens is 250 g/mol. The number of ether oxygens (including phenoxy) is 1. The summed E-state index contributed by atoms with van der Waals surface area (Å²) in [6.07, 6.45) is 0.358. The SMILES string of the molecule is COc1cccc(CC(=O)NC(C)C(C)CCl)c1. The predicted molar refractivity (Wildman–Crippen MR) is 74.2 cm³/mol. The monoisotopic (exact) mass is 269 g/mol. The third-order valence-corrected chi connectivity index (χ3v) is 3.47. The van der Waals surface area contributed by atoms with E-state index in [0.717, 1.165) is 11.3 Å².